The number of halogens is 1. The topological polar surface area (TPSA) is 96.0 Å². The van der Waals surface area contributed by atoms with Crippen molar-refractivity contribution in [3.63, 3.8) is 0 Å². The van der Waals surface area contributed by atoms with Crippen LogP contribution in [0.5, 0.6) is 5.75 Å². The van der Waals surface area contributed by atoms with E-state index in [1.807, 2.05) is 58.0 Å². The number of hydrogen-bond acceptors (Lipinski definition) is 5. The summed E-state index contributed by atoms with van der Waals surface area (Å²) in [6.07, 6.45) is 0.171. The first-order valence-corrected chi connectivity index (χ1v) is 16.5. The van der Waals surface area contributed by atoms with E-state index in [1.54, 1.807) is 54.6 Å². The van der Waals surface area contributed by atoms with E-state index in [2.05, 4.69) is 5.32 Å². The molecule has 0 saturated heterocycles. The Morgan fingerprint density at radius 1 is 0.826 bits per heavy atom. The zero-order chi connectivity index (χ0) is 33.3. The van der Waals surface area contributed by atoms with Crippen LogP contribution in [0.2, 0.25) is 0 Å². The molecule has 0 spiro atoms. The number of amides is 2. The third-order valence-electron chi connectivity index (χ3n) is 7.08. The van der Waals surface area contributed by atoms with E-state index in [0.29, 0.717) is 17.9 Å². The Morgan fingerprint density at radius 2 is 1.41 bits per heavy atom. The highest BCUT2D eigenvalue weighted by Crippen LogP contribution is 2.27. The van der Waals surface area contributed by atoms with Crippen molar-refractivity contribution in [2.75, 3.05) is 17.5 Å². The normalized spacial score (nSPS) is 12.2. The fraction of sp³-hybridized carbons (Fsp3) is 0.278. The lowest BCUT2D eigenvalue weighted by Gasteiger charge is -2.35. The molecular formula is C36H40FN3O5S. The predicted octanol–water partition coefficient (Wildman–Crippen LogP) is 5.97. The smallest absolute Gasteiger partial charge is 0.264 e. The number of nitrogens with zero attached hydrogens (tertiary/aromatic N) is 2. The van der Waals surface area contributed by atoms with Gasteiger partial charge in [0.25, 0.3) is 10.0 Å². The van der Waals surface area contributed by atoms with Crippen molar-refractivity contribution < 1.29 is 27.1 Å². The van der Waals surface area contributed by atoms with Gasteiger partial charge in [0.2, 0.25) is 11.8 Å². The molecule has 46 heavy (non-hydrogen) atoms. The molecule has 0 aliphatic heterocycles. The van der Waals surface area contributed by atoms with Crippen LogP contribution in [0.15, 0.2) is 114 Å². The van der Waals surface area contributed by atoms with Crippen molar-refractivity contribution in [1.29, 1.82) is 0 Å². The van der Waals surface area contributed by atoms with Gasteiger partial charge in [0.1, 0.15) is 24.2 Å². The summed E-state index contributed by atoms with van der Waals surface area (Å²) >= 11 is 0. The highest BCUT2D eigenvalue weighted by Gasteiger charge is 2.35. The molecule has 0 fully saturated rings. The van der Waals surface area contributed by atoms with Gasteiger partial charge >= 0.3 is 0 Å². The summed E-state index contributed by atoms with van der Waals surface area (Å²) in [5.74, 6) is -0.897. The maximum atomic E-state index is 14.5. The van der Waals surface area contributed by atoms with Crippen LogP contribution in [0.4, 0.5) is 10.1 Å². The van der Waals surface area contributed by atoms with Gasteiger partial charge in [-0.25, -0.2) is 12.8 Å². The minimum absolute atomic E-state index is 0.00748. The Kier molecular flexibility index (Phi) is 11.2. The maximum Gasteiger partial charge on any atom is 0.264 e. The number of rotatable bonds is 13. The molecule has 1 N–H and O–H groups in total. The maximum absolute atomic E-state index is 14.5. The van der Waals surface area contributed by atoms with E-state index in [1.165, 1.54) is 29.2 Å². The van der Waals surface area contributed by atoms with Gasteiger partial charge in [-0.2, -0.15) is 0 Å². The fourth-order valence-electron chi connectivity index (χ4n) is 4.92. The minimum atomic E-state index is -4.23. The van der Waals surface area contributed by atoms with Crippen LogP contribution in [0.1, 0.15) is 38.8 Å². The van der Waals surface area contributed by atoms with E-state index in [4.69, 9.17) is 4.74 Å². The van der Waals surface area contributed by atoms with Crippen LogP contribution in [0, 0.1) is 5.82 Å². The number of benzene rings is 4. The van der Waals surface area contributed by atoms with Crippen LogP contribution in [0.3, 0.4) is 0 Å². The van der Waals surface area contributed by atoms with Crippen LogP contribution >= 0.6 is 0 Å². The molecule has 0 bridgehead atoms. The van der Waals surface area contributed by atoms with E-state index in [9.17, 15) is 22.4 Å². The summed E-state index contributed by atoms with van der Waals surface area (Å²) in [6, 6.07) is 28.2. The molecule has 4 aromatic carbocycles. The number of ether oxygens (including phenoxy) is 1. The number of carbonyl (C=O) groups excluding carboxylic acids is 2. The van der Waals surface area contributed by atoms with E-state index >= 15 is 0 Å². The first-order chi connectivity index (χ1) is 21.9. The van der Waals surface area contributed by atoms with E-state index < -0.39 is 45.8 Å². The summed E-state index contributed by atoms with van der Waals surface area (Å²) in [7, 11) is -4.23. The summed E-state index contributed by atoms with van der Waals surface area (Å²) in [4.78, 5) is 29.8. The Bertz CT molecular complexity index is 1690. The monoisotopic (exact) mass is 645 g/mol. The van der Waals surface area contributed by atoms with Crippen LogP contribution < -0.4 is 14.4 Å². The zero-order valence-electron chi connectivity index (χ0n) is 26.5. The van der Waals surface area contributed by atoms with Crippen LogP contribution in [0.25, 0.3) is 0 Å². The van der Waals surface area contributed by atoms with Gasteiger partial charge in [-0.1, -0.05) is 60.7 Å². The minimum Gasteiger partial charge on any atom is -0.494 e. The molecule has 1 atom stereocenters. The van der Waals surface area contributed by atoms with Crippen molar-refractivity contribution in [2.24, 2.45) is 0 Å². The Balaban J connectivity index is 1.80. The summed E-state index contributed by atoms with van der Waals surface area (Å²) in [5.41, 5.74) is 1.03. The quantitative estimate of drug-likeness (QED) is 0.193. The Hall–Kier alpha value is -4.70. The molecule has 0 heterocycles. The number of nitrogens with one attached hydrogen (secondary N) is 1. The van der Waals surface area contributed by atoms with Crippen LogP contribution in [-0.4, -0.2) is 49.9 Å². The van der Waals surface area contributed by atoms with Crippen LogP contribution in [-0.2, 0) is 32.6 Å². The molecule has 10 heteroatoms. The summed E-state index contributed by atoms with van der Waals surface area (Å²) in [5, 5.41) is 2.99. The molecule has 0 aliphatic rings. The molecule has 4 aromatic rings. The van der Waals surface area contributed by atoms with Gasteiger partial charge in [-0.3, -0.25) is 13.9 Å². The predicted molar refractivity (Wildman–Crippen MR) is 177 cm³/mol. The number of carbonyl (C=O) groups is 2. The summed E-state index contributed by atoms with van der Waals surface area (Å²) in [6.45, 7) is 7.15. The lowest BCUT2D eigenvalue weighted by molar-refractivity contribution is -0.140. The second-order valence-electron chi connectivity index (χ2n) is 11.8. The van der Waals surface area contributed by atoms with E-state index in [-0.39, 0.29) is 23.5 Å². The van der Waals surface area contributed by atoms with Crippen molar-refractivity contribution in [1.82, 2.24) is 10.2 Å². The van der Waals surface area contributed by atoms with Crippen molar-refractivity contribution in [3.8, 4) is 5.75 Å². The molecule has 0 aromatic heterocycles. The number of sulfonamides is 1. The van der Waals surface area contributed by atoms with Crippen molar-refractivity contribution in [2.45, 2.75) is 57.1 Å². The standard InChI is InChI=1S/C36H40FN3O5S/c1-5-45-31-22-20-30(21-23-31)40(46(43,44)32-14-10-7-11-15-32)26-34(41)39(25-28-16-18-29(37)19-17-28)33(35(42)38-36(2,3)4)24-27-12-8-6-9-13-27/h6-23,33H,5,24-26H2,1-4H3,(H,38,42)/t33-/m1/s1. The van der Waals surface area contributed by atoms with Gasteiger partial charge in [-0.15, -0.1) is 0 Å². The molecule has 8 nitrogen and oxygen atoms in total. The first-order valence-electron chi connectivity index (χ1n) is 15.1. The lowest BCUT2D eigenvalue weighted by Crippen LogP contribution is -2.56. The molecule has 0 saturated carbocycles. The van der Waals surface area contributed by atoms with Crippen molar-refractivity contribution in [3.05, 3.63) is 126 Å². The molecule has 2 amide bonds. The molecule has 0 unspecified atom stereocenters. The van der Waals surface area contributed by atoms with Gasteiger partial charge < -0.3 is 15.0 Å². The van der Waals surface area contributed by atoms with E-state index in [0.717, 1.165) is 9.87 Å². The average molecular weight is 646 g/mol. The average Bonchev–Trinajstić information content (AvgIpc) is 3.03. The summed E-state index contributed by atoms with van der Waals surface area (Å²) < 4.78 is 48.6. The molecule has 0 aliphatic carbocycles. The fourth-order valence-corrected chi connectivity index (χ4v) is 6.35. The van der Waals surface area contributed by atoms with Gasteiger partial charge in [0, 0.05) is 18.5 Å². The Morgan fingerprint density at radius 3 is 1.98 bits per heavy atom. The van der Waals surface area contributed by atoms with Gasteiger partial charge in [0.15, 0.2) is 0 Å². The molecule has 4 rings (SSSR count). The second-order valence-corrected chi connectivity index (χ2v) is 13.7. The largest absolute Gasteiger partial charge is 0.494 e. The van der Waals surface area contributed by atoms with Gasteiger partial charge in [0.05, 0.1) is 17.2 Å². The highest BCUT2D eigenvalue weighted by atomic mass is 32.2. The lowest BCUT2D eigenvalue weighted by atomic mass is 10.0. The highest BCUT2D eigenvalue weighted by molar-refractivity contribution is 7.92. The number of anilines is 1. The SMILES string of the molecule is CCOc1ccc(N(CC(=O)N(Cc2ccc(F)cc2)[C@H](Cc2ccccc2)C(=O)NC(C)(C)C)S(=O)(=O)c2ccccc2)cc1. The van der Waals surface area contributed by atoms with Gasteiger partial charge in [-0.05, 0) is 87.4 Å². The molecular weight excluding hydrogens is 605 g/mol. The zero-order valence-corrected chi connectivity index (χ0v) is 27.3. The van der Waals surface area contributed by atoms with Crippen molar-refractivity contribution >= 4 is 27.5 Å². The number of hydrogen-bond donors (Lipinski definition) is 1. The third kappa shape index (κ3) is 9.17. The third-order valence-corrected chi connectivity index (χ3v) is 8.87. The molecule has 242 valence electrons. The Labute approximate surface area is 270 Å². The second kappa shape index (κ2) is 15.1. The first kappa shape index (κ1) is 34.2. The molecule has 0 radical (unpaired) electrons.